The number of nitrogens with two attached hydrogens (primary N) is 1. The van der Waals surface area contributed by atoms with E-state index < -0.39 is 38.4 Å². The molecule has 0 radical (unpaired) electrons. The van der Waals surface area contributed by atoms with Gasteiger partial charge < -0.3 is 5.11 Å². The molecular weight excluding hydrogens is 328 g/mol. The molecule has 0 fully saturated rings. The zero-order valence-electron chi connectivity index (χ0n) is 10.2. The van der Waals surface area contributed by atoms with Crippen LogP contribution in [0.4, 0.5) is 8.78 Å². The highest BCUT2D eigenvalue weighted by atomic mass is 35.5. The molecule has 0 amide bonds. The smallest absolute Gasteiger partial charge is 0.222 e. The number of hydrogen-bond donors (Lipinski definition) is 2. The zero-order chi connectivity index (χ0) is 15.8. The second-order valence-electron chi connectivity index (χ2n) is 4.08. The van der Waals surface area contributed by atoms with Gasteiger partial charge in [-0.3, -0.25) is 0 Å². The first-order valence-electron chi connectivity index (χ1n) is 5.39. The summed E-state index contributed by atoms with van der Waals surface area (Å²) >= 11 is 5.50. The number of sulfonamides is 1. The Morgan fingerprint density at radius 3 is 2.38 bits per heavy atom. The number of aromatic hydroxyl groups is 1. The molecule has 1 aromatic carbocycles. The molecule has 1 heterocycles. The third-order valence-corrected chi connectivity index (χ3v) is 3.93. The largest absolute Gasteiger partial charge is 0.506 e. The van der Waals surface area contributed by atoms with Gasteiger partial charge in [-0.15, -0.1) is 10.2 Å². The maximum absolute atomic E-state index is 13.3. The lowest BCUT2D eigenvalue weighted by atomic mass is 10.1. The summed E-state index contributed by atoms with van der Waals surface area (Å²) in [6, 6.07) is 3.37. The summed E-state index contributed by atoms with van der Waals surface area (Å²) in [6.07, 6.45) is 0. The van der Waals surface area contributed by atoms with E-state index in [2.05, 4.69) is 10.2 Å². The fraction of sp³-hybridized carbons (Fsp3) is 0.0909. The van der Waals surface area contributed by atoms with E-state index in [0.717, 1.165) is 18.2 Å². The maximum Gasteiger partial charge on any atom is 0.222 e. The second kappa shape index (κ2) is 5.51. The molecule has 10 heteroatoms. The van der Waals surface area contributed by atoms with Crippen molar-refractivity contribution >= 4 is 21.6 Å². The maximum atomic E-state index is 13.3. The number of aromatic nitrogens is 2. The van der Waals surface area contributed by atoms with Crippen molar-refractivity contribution in [2.75, 3.05) is 0 Å². The molecule has 0 aliphatic carbocycles. The van der Waals surface area contributed by atoms with Crippen molar-refractivity contribution in [3.63, 3.8) is 0 Å². The number of nitrogens with zero attached hydrogens (tertiary/aromatic N) is 2. The van der Waals surface area contributed by atoms with E-state index in [4.69, 9.17) is 16.7 Å². The molecule has 0 bridgehead atoms. The van der Waals surface area contributed by atoms with Crippen LogP contribution in [-0.4, -0.2) is 23.7 Å². The summed E-state index contributed by atoms with van der Waals surface area (Å²) in [4.78, 5) is 0. The number of hydrogen-bond acceptors (Lipinski definition) is 5. The average Bonchev–Trinajstić information content (AvgIpc) is 2.35. The van der Waals surface area contributed by atoms with Crippen molar-refractivity contribution in [1.29, 1.82) is 0 Å². The lowest BCUT2D eigenvalue weighted by Gasteiger charge is -2.15. The first kappa shape index (κ1) is 15.5. The Morgan fingerprint density at radius 1 is 1.19 bits per heavy atom. The molecule has 112 valence electrons. The second-order valence-corrected chi connectivity index (χ2v) is 6.12. The van der Waals surface area contributed by atoms with Crippen LogP contribution in [0.15, 0.2) is 24.3 Å². The molecule has 0 saturated heterocycles. The standard InChI is InChI=1S/C11H8ClF2N3O3S/c12-9-4-8(18)10(17-16-9)11(21(15,19)20)5-1-2-6(13)7(14)3-5/h1-4,11H,(H,16,18)(H2,15,19,20). The van der Waals surface area contributed by atoms with Crippen LogP contribution in [0.3, 0.4) is 0 Å². The summed E-state index contributed by atoms with van der Waals surface area (Å²) in [5, 5.41) is 19.8. The van der Waals surface area contributed by atoms with Gasteiger partial charge in [0.1, 0.15) is 16.7 Å². The van der Waals surface area contributed by atoms with Crippen LogP contribution in [0, 0.1) is 11.6 Å². The highest BCUT2D eigenvalue weighted by Crippen LogP contribution is 2.33. The van der Waals surface area contributed by atoms with Crippen molar-refractivity contribution in [3.05, 3.63) is 52.3 Å². The van der Waals surface area contributed by atoms with Crippen molar-refractivity contribution in [2.45, 2.75) is 5.25 Å². The van der Waals surface area contributed by atoms with E-state index in [1.807, 2.05) is 0 Å². The molecule has 0 aliphatic heterocycles. The average molecular weight is 336 g/mol. The number of benzene rings is 1. The molecule has 0 spiro atoms. The summed E-state index contributed by atoms with van der Waals surface area (Å²) in [6.45, 7) is 0. The third-order valence-electron chi connectivity index (χ3n) is 2.59. The molecular formula is C11H8ClF2N3O3S. The lowest BCUT2D eigenvalue weighted by Crippen LogP contribution is -2.24. The molecule has 2 rings (SSSR count). The Balaban J connectivity index is 2.67. The van der Waals surface area contributed by atoms with Crippen LogP contribution in [0.2, 0.25) is 5.15 Å². The van der Waals surface area contributed by atoms with E-state index in [9.17, 15) is 22.3 Å². The molecule has 1 aromatic heterocycles. The minimum atomic E-state index is -4.33. The quantitative estimate of drug-likeness (QED) is 0.884. The predicted octanol–water partition coefficient (Wildman–Crippen LogP) is 1.49. The number of rotatable bonds is 3. The van der Waals surface area contributed by atoms with Gasteiger partial charge >= 0.3 is 0 Å². The Labute approximate surface area is 123 Å². The molecule has 6 nitrogen and oxygen atoms in total. The van der Waals surface area contributed by atoms with Crippen LogP contribution < -0.4 is 5.14 Å². The van der Waals surface area contributed by atoms with Gasteiger partial charge in [0.15, 0.2) is 16.8 Å². The van der Waals surface area contributed by atoms with Gasteiger partial charge in [0.2, 0.25) is 10.0 Å². The Kier molecular flexibility index (Phi) is 4.08. The van der Waals surface area contributed by atoms with Crippen LogP contribution in [0.1, 0.15) is 16.5 Å². The molecule has 1 atom stereocenters. The van der Waals surface area contributed by atoms with Gasteiger partial charge in [-0.1, -0.05) is 17.7 Å². The SMILES string of the molecule is NS(=O)(=O)C(c1ccc(F)c(F)c1)c1nnc(Cl)cc1O. The first-order chi connectivity index (χ1) is 9.70. The van der Waals surface area contributed by atoms with Crippen molar-refractivity contribution in [3.8, 4) is 5.75 Å². The minimum Gasteiger partial charge on any atom is -0.506 e. The van der Waals surface area contributed by atoms with Crippen LogP contribution in [-0.2, 0) is 10.0 Å². The Morgan fingerprint density at radius 2 is 1.86 bits per heavy atom. The van der Waals surface area contributed by atoms with E-state index in [0.29, 0.717) is 6.07 Å². The van der Waals surface area contributed by atoms with Crippen LogP contribution in [0.25, 0.3) is 0 Å². The topological polar surface area (TPSA) is 106 Å². The van der Waals surface area contributed by atoms with Crippen LogP contribution in [0.5, 0.6) is 5.75 Å². The van der Waals surface area contributed by atoms with E-state index in [-0.39, 0.29) is 10.7 Å². The van der Waals surface area contributed by atoms with Gasteiger partial charge in [-0.05, 0) is 17.7 Å². The molecule has 3 N–H and O–H groups in total. The van der Waals surface area contributed by atoms with E-state index >= 15 is 0 Å². The van der Waals surface area contributed by atoms with Crippen molar-refractivity contribution < 1.29 is 22.3 Å². The van der Waals surface area contributed by atoms with E-state index in [1.165, 1.54) is 0 Å². The molecule has 2 aromatic rings. The normalized spacial score (nSPS) is 13.1. The molecule has 0 aliphatic rings. The van der Waals surface area contributed by atoms with Gasteiger partial charge in [0.05, 0.1) is 0 Å². The molecule has 0 saturated carbocycles. The third kappa shape index (κ3) is 3.26. The predicted molar refractivity (Wildman–Crippen MR) is 70.0 cm³/mol. The Hall–Kier alpha value is -1.84. The highest BCUT2D eigenvalue weighted by Gasteiger charge is 2.31. The number of primary sulfonamides is 1. The fourth-order valence-electron chi connectivity index (χ4n) is 1.73. The monoisotopic (exact) mass is 335 g/mol. The highest BCUT2D eigenvalue weighted by molar-refractivity contribution is 7.89. The van der Waals surface area contributed by atoms with E-state index in [1.54, 1.807) is 0 Å². The number of halogens is 3. The zero-order valence-corrected chi connectivity index (χ0v) is 11.7. The van der Waals surface area contributed by atoms with Crippen LogP contribution >= 0.6 is 11.6 Å². The van der Waals surface area contributed by atoms with Gasteiger partial charge in [0, 0.05) is 6.07 Å². The van der Waals surface area contributed by atoms with Gasteiger partial charge in [0.25, 0.3) is 0 Å². The summed E-state index contributed by atoms with van der Waals surface area (Å²) in [7, 11) is -4.33. The summed E-state index contributed by atoms with van der Waals surface area (Å²) in [5.41, 5.74) is -0.642. The molecule has 1 unspecified atom stereocenters. The van der Waals surface area contributed by atoms with Gasteiger partial charge in [-0.25, -0.2) is 22.3 Å². The fourth-order valence-corrected chi connectivity index (χ4v) is 2.88. The van der Waals surface area contributed by atoms with Crippen molar-refractivity contribution in [2.24, 2.45) is 5.14 Å². The Bertz CT molecular complexity index is 801. The summed E-state index contributed by atoms with van der Waals surface area (Å²) < 4.78 is 49.7. The summed E-state index contributed by atoms with van der Waals surface area (Å²) in [5.74, 6) is -3.00. The minimum absolute atomic E-state index is 0.172. The first-order valence-corrected chi connectivity index (χ1v) is 7.37. The van der Waals surface area contributed by atoms with Gasteiger partial charge in [-0.2, -0.15) is 0 Å². The van der Waals surface area contributed by atoms with Crippen molar-refractivity contribution in [1.82, 2.24) is 10.2 Å². The molecule has 21 heavy (non-hydrogen) atoms. The lowest BCUT2D eigenvalue weighted by molar-refractivity contribution is 0.460.